The van der Waals surface area contributed by atoms with Crippen LogP contribution >= 0.6 is 0 Å². The first kappa shape index (κ1) is 27.5. The Morgan fingerprint density at radius 3 is 2.50 bits per heavy atom. The molecular formula is C35H43N5O2. The molecule has 2 aliphatic heterocycles. The number of piperazine rings is 1. The summed E-state index contributed by atoms with van der Waals surface area (Å²) in [6.45, 7) is 7.54. The van der Waals surface area contributed by atoms with Crippen molar-refractivity contribution in [3.63, 3.8) is 0 Å². The Labute approximate surface area is 249 Å². The minimum atomic E-state index is 0.155. The van der Waals surface area contributed by atoms with Gasteiger partial charge in [0.1, 0.15) is 5.75 Å². The molecule has 3 heterocycles. The molecule has 0 radical (unpaired) electrons. The number of H-pyrrole nitrogens is 1. The zero-order valence-electron chi connectivity index (χ0n) is 25.1. The van der Waals surface area contributed by atoms with E-state index in [0.717, 1.165) is 82.3 Å². The Morgan fingerprint density at radius 2 is 1.83 bits per heavy atom. The van der Waals surface area contributed by atoms with Crippen LogP contribution in [0.25, 0.3) is 10.9 Å². The predicted octanol–water partition coefficient (Wildman–Crippen LogP) is 6.05. The fourth-order valence-corrected chi connectivity index (χ4v) is 8.20. The number of carbonyl (C=O) groups is 1. The molecule has 1 amide bonds. The van der Waals surface area contributed by atoms with E-state index >= 15 is 0 Å². The van der Waals surface area contributed by atoms with Crippen LogP contribution in [0.2, 0.25) is 0 Å². The average molecular weight is 566 g/mol. The number of nitrogens with zero attached hydrogens (tertiary/aromatic N) is 4. The van der Waals surface area contributed by atoms with E-state index in [9.17, 15) is 10.1 Å². The second-order valence-corrected chi connectivity index (χ2v) is 13.4. The Bertz CT molecular complexity index is 1490. The van der Waals surface area contributed by atoms with Gasteiger partial charge in [0.05, 0.1) is 13.2 Å². The molecule has 0 bridgehead atoms. The number of fused-ring (bicyclic) bond motifs is 1. The molecule has 7 rings (SSSR count). The molecule has 1 unspecified atom stereocenters. The number of amides is 1. The molecule has 1 N–H and O–H groups in total. The minimum absolute atomic E-state index is 0.155. The van der Waals surface area contributed by atoms with Gasteiger partial charge in [0.2, 0.25) is 0 Å². The Morgan fingerprint density at radius 1 is 1.07 bits per heavy atom. The number of carbonyl (C=O) groups excluding carboxylic acids is 1. The maximum atomic E-state index is 13.4. The summed E-state index contributed by atoms with van der Waals surface area (Å²) in [5.41, 5.74) is 5.87. The van der Waals surface area contributed by atoms with Gasteiger partial charge in [-0.3, -0.25) is 14.6 Å². The number of hydrogen-bond donors (Lipinski definition) is 1. The van der Waals surface area contributed by atoms with Crippen LogP contribution in [0, 0.1) is 29.6 Å². The summed E-state index contributed by atoms with van der Waals surface area (Å²) >= 11 is 0. The summed E-state index contributed by atoms with van der Waals surface area (Å²) in [5.74, 6) is 1.28. The molecule has 42 heavy (non-hydrogen) atoms. The quantitative estimate of drug-likeness (QED) is 0.394. The van der Waals surface area contributed by atoms with Crippen molar-refractivity contribution < 1.29 is 9.53 Å². The topological polar surface area (TPSA) is 75.6 Å². The number of nitriles is 1. The number of hydrogen-bond acceptors (Lipinski definition) is 5. The molecule has 4 aliphatic rings. The molecular weight excluding hydrogens is 522 g/mol. The van der Waals surface area contributed by atoms with E-state index in [0.29, 0.717) is 0 Å². The zero-order valence-corrected chi connectivity index (χ0v) is 25.1. The van der Waals surface area contributed by atoms with Crippen molar-refractivity contribution in [2.24, 2.45) is 11.3 Å². The molecule has 2 aliphatic carbocycles. The third-order valence-electron chi connectivity index (χ3n) is 11.0. The number of benzene rings is 2. The van der Waals surface area contributed by atoms with Gasteiger partial charge in [-0.05, 0) is 92.8 Å². The van der Waals surface area contributed by atoms with Crippen molar-refractivity contribution in [2.45, 2.75) is 70.5 Å². The van der Waals surface area contributed by atoms with Crippen molar-refractivity contribution in [3.05, 3.63) is 64.8 Å². The van der Waals surface area contributed by atoms with Gasteiger partial charge in [0.15, 0.2) is 0 Å². The molecule has 7 nitrogen and oxygen atoms in total. The first-order valence-corrected chi connectivity index (χ1v) is 15.9. The highest BCUT2D eigenvalue weighted by Crippen LogP contribution is 2.57. The number of methoxy groups -OCH3 is 1. The van der Waals surface area contributed by atoms with Crippen molar-refractivity contribution in [2.75, 3.05) is 39.8 Å². The van der Waals surface area contributed by atoms with E-state index in [4.69, 9.17) is 4.74 Å². The molecule has 7 heteroatoms. The number of aromatic amines is 1. The summed E-state index contributed by atoms with van der Waals surface area (Å²) in [4.78, 5) is 24.1. The molecule has 2 aromatic carbocycles. The van der Waals surface area contributed by atoms with E-state index < -0.39 is 0 Å². The Kier molecular flexibility index (Phi) is 7.24. The summed E-state index contributed by atoms with van der Waals surface area (Å²) in [5, 5.41) is 10.7. The summed E-state index contributed by atoms with van der Waals surface area (Å²) in [7, 11) is 1.76. The summed E-state index contributed by atoms with van der Waals surface area (Å²) in [6.07, 6.45) is 10.2. The lowest BCUT2D eigenvalue weighted by Crippen LogP contribution is -2.53. The van der Waals surface area contributed by atoms with Crippen LogP contribution in [0.1, 0.15) is 78.0 Å². The monoisotopic (exact) mass is 565 g/mol. The molecule has 2 saturated carbocycles. The van der Waals surface area contributed by atoms with E-state index in [2.05, 4.69) is 52.0 Å². The number of aryl methyl sites for hydroxylation is 1. The second-order valence-electron chi connectivity index (χ2n) is 13.4. The van der Waals surface area contributed by atoms with Crippen LogP contribution in [0.4, 0.5) is 0 Å². The van der Waals surface area contributed by atoms with Gasteiger partial charge < -0.3 is 14.6 Å². The first-order chi connectivity index (χ1) is 20.5. The molecule has 2 saturated heterocycles. The molecule has 4 fully saturated rings. The molecule has 1 atom stereocenters. The molecule has 220 valence electrons. The largest absolute Gasteiger partial charge is 0.496 e. The fraction of sp³-hybridized carbons (Fsp3) is 0.543. The van der Waals surface area contributed by atoms with Crippen molar-refractivity contribution in [1.29, 1.82) is 5.26 Å². The third-order valence-corrected chi connectivity index (χ3v) is 11.0. The number of rotatable bonds is 6. The second kappa shape index (κ2) is 11.1. The van der Waals surface area contributed by atoms with Gasteiger partial charge in [0.25, 0.3) is 5.91 Å². The van der Waals surface area contributed by atoms with E-state index in [1.54, 1.807) is 7.11 Å². The average Bonchev–Trinajstić information content (AvgIpc) is 3.48. The van der Waals surface area contributed by atoms with Crippen LogP contribution in [-0.2, 0) is 6.54 Å². The molecule has 1 spiro atoms. The van der Waals surface area contributed by atoms with Gasteiger partial charge in [-0.1, -0.05) is 18.6 Å². The van der Waals surface area contributed by atoms with Crippen molar-refractivity contribution >= 4 is 16.8 Å². The lowest BCUT2D eigenvalue weighted by Gasteiger charge is -2.53. The maximum Gasteiger partial charge on any atom is 0.253 e. The Balaban J connectivity index is 1.12. The van der Waals surface area contributed by atoms with Crippen LogP contribution in [0.3, 0.4) is 0 Å². The van der Waals surface area contributed by atoms with Gasteiger partial charge in [0, 0.05) is 79.0 Å². The normalized spacial score (nSPS) is 27.0. The van der Waals surface area contributed by atoms with Crippen molar-refractivity contribution in [1.82, 2.24) is 19.7 Å². The van der Waals surface area contributed by atoms with Gasteiger partial charge in [-0.15, -0.1) is 0 Å². The SMILES string of the molecule is COc1cc(C)c2[nH]ccc2c1CN1CCC2(CC(C#N)C2)CC1c1ccc(C(=O)N2CCN(C3CCC3)CC2)cc1. The van der Waals surface area contributed by atoms with Crippen LogP contribution < -0.4 is 4.74 Å². The Hall–Kier alpha value is -3.34. The number of aromatic nitrogens is 1. The summed E-state index contributed by atoms with van der Waals surface area (Å²) in [6, 6.07) is 16.3. The highest BCUT2D eigenvalue weighted by molar-refractivity contribution is 5.94. The maximum absolute atomic E-state index is 13.4. The standard InChI is InChI=1S/C35H43N5O2/c1-24-18-32(42-2)30(29-10-12-37-33(24)29)23-40-13-11-35(19-25(20-35)22-36)21-31(40)26-6-8-27(9-7-26)34(41)39-16-14-38(15-17-39)28-4-3-5-28/h6-10,12,18,25,28,31,37H,3-5,11,13-17,19-21,23H2,1-2H3. The van der Waals surface area contributed by atoms with Crippen LogP contribution in [0.15, 0.2) is 42.6 Å². The fourth-order valence-electron chi connectivity index (χ4n) is 8.20. The lowest BCUT2D eigenvalue weighted by atomic mass is 9.56. The highest BCUT2D eigenvalue weighted by atomic mass is 16.5. The van der Waals surface area contributed by atoms with E-state index in [1.165, 1.54) is 46.9 Å². The number of likely N-dealkylation sites (tertiary alicyclic amines) is 1. The summed E-state index contributed by atoms with van der Waals surface area (Å²) < 4.78 is 5.90. The molecule has 1 aromatic heterocycles. The van der Waals surface area contributed by atoms with Crippen molar-refractivity contribution in [3.8, 4) is 11.8 Å². The van der Waals surface area contributed by atoms with Gasteiger partial charge in [-0.2, -0.15) is 5.26 Å². The van der Waals surface area contributed by atoms with E-state index in [-0.39, 0.29) is 23.3 Å². The van der Waals surface area contributed by atoms with Crippen LogP contribution in [0.5, 0.6) is 5.75 Å². The lowest BCUT2D eigenvalue weighted by molar-refractivity contribution is -0.0298. The number of ether oxygens (including phenoxy) is 1. The smallest absolute Gasteiger partial charge is 0.253 e. The third kappa shape index (κ3) is 4.89. The minimum Gasteiger partial charge on any atom is -0.496 e. The highest BCUT2D eigenvalue weighted by Gasteiger charge is 2.49. The number of piperidine rings is 1. The zero-order chi connectivity index (χ0) is 28.8. The predicted molar refractivity (Wildman–Crippen MR) is 164 cm³/mol. The van der Waals surface area contributed by atoms with E-state index in [1.807, 2.05) is 23.2 Å². The van der Waals surface area contributed by atoms with Crippen LogP contribution in [-0.4, -0.2) is 71.5 Å². The number of nitrogens with one attached hydrogen (secondary N) is 1. The first-order valence-electron chi connectivity index (χ1n) is 15.9. The van der Waals surface area contributed by atoms with Gasteiger partial charge >= 0.3 is 0 Å². The molecule has 3 aromatic rings. The van der Waals surface area contributed by atoms with Gasteiger partial charge in [-0.25, -0.2) is 0 Å².